The molecule has 0 aromatic rings. The van der Waals surface area contributed by atoms with Gasteiger partial charge in [-0.1, -0.05) is 0 Å². The third-order valence-electron chi connectivity index (χ3n) is 2.73. The van der Waals surface area contributed by atoms with E-state index in [1.165, 1.54) is 6.92 Å². The van der Waals surface area contributed by atoms with E-state index < -0.39 is 49.1 Å². The molecule has 0 bridgehead atoms. The summed E-state index contributed by atoms with van der Waals surface area (Å²) in [5.41, 5.74) is 0. The predicted octanol–water partition coefficient (Wildman–Crippen LogP) is -3.96. The smallest absolute Gasteiger partial charge is 0.239 e. The van der Waals surface area contributed by atoms with E-state index >= 15 is 0 Å². The van der Waals surface area contributed by atoms with Crippen molar-refractivity contribution in [2.24, 2.45) is 0 Å². The Bertz CT molecular complexity index is 338. The number of ether oxygens (including phenoxy) is 1. The highest BCUT2D eigenvalue weighted by Crippen LogP contribution is 2.19. The highest BCUT2D eigenvalue weighted by atomic mass is 16.6. The van der Waals surface area contributed by atoms with Gasteiger partial charge in [0.1, 0.15) is 24.4 Å². The van der Waals surface area contributed by atoms with Crippen LogP contribution in [0, 0.1) is 0 Å². The molecule has 0 aromatic carbocycles. The molecule has 1 unspecified atom stereocenters. The lowest BCUT2D eigenvalue weighted by atomic mass is 9.97. The Labute approximate surface area is 109 Å². The van der Waals surface area contributed by atoms with Gasteiger partial charge in [-0.15, -0.1) is 0 Å². The van der Waals surface area contributed by atoms with Gasteiger partial charge in [0.25, 0.3) is 0 Å². The Hall–Kier alpha value is -1.26. The molecular weight excluding hydrogens is 260 g/mol. The molecule has 1 aliphatic rings. The topological polar surface area (TPSA) is 148 Å². The van der Waals surface area contributed by atoms with Gasteiger partial charge in [0.15, 0.2) is 6.29 Å². The van der Waals surface area contributed by atoms with Gasteiger partial charge >= 0.3 is 0 Å². The van der Waals surface area contributed by atoms with Crippen LogP contribution in [0.1, 0.15) is 6.92 Å². The average Bonchev–Trinajstić information content (AvgIpc) is 2.36. The summed E-state index contributed by atoms with van der Waals surface area (Å²) in [7, 11) is 0. The van der Waals surface area contributed by atoms with Crippen molar-refractivity contribution in [2.75, 3.05) is 13.2 Å². The van der Waals surface area contributed by atoms with Crippen LogP contribution >= 0.6 is 0 Å². The van der Waals surface area contributed by atoms with Gasteiger partial charge in [0, 0.05) is 6.92 Å². The molecule has 1 aliphatic heterocycles. The van der Waals surface area contributed by atoms with Crippen molar-refractivity contribution in [1.29, 1.82) is 0 Å². The standard InChI is InChI=1S/C10H18N2O7/c1-4(14)11-2-6(15)12-7-9(17)8(16)5(3-13)19-10(7)18/h5,7-10,13,16-18H,2-3H2,1H3,(H,11,14)(H,12,15)/t5-,7+,8-,9-,10?/m1/s1. The first-order chi connectivity index (χ1) is 8.86. The summed E-state index contributed by atoms with van der Waals surface area (Å²) in [4.78, 5) is 22.1. The van der Waals surface area contributed by atoms with Crippen molar-refractivity contribution in [3.05, 3.63) is 0 Å². The summed E-state index contributed by atoms with van der Waals surface area (Å²) < 4.78 is 4.85. The van der Waals surface area contributed by atoms with Gasteiger partial charge in [0.05, 0.1) is 13.2 Å². The van der Waals surface area contributed by atoms with Crippen molar-refractivity contribution in [3.63, 3.8) is 0 Å². The van der Waals surface area contributed by atoms with Crippen LogP contribution in [0.25, 0.3) is 0 Å². The maximum Gasteiger partial charge on any atom is 0.239 e. The first-order valence-electron chi connectivity index (χ1n) is 5.71. The molecule has 1 fully saturated rings. The van der Waals surface area contributed by atoms with E-state index in [0.717, 1.165) is 0 Å². The van der Waals surface area contributed by atoms with Crippen molar-refractivity contribution in [2.45, 2.75) is 37.6 Å². The van der Waals surface area contributed by atoms with Gasteiger partial charge in [-0.05, 0) is 0 Å². The highest BCUT2D eigenvalue weighted by Gasteiger charge is 2.44. The minimum absolute atomic E-state index is 0.329. The first kappa shape index (κ1) is 15.8. The van der Waals surface area contributed by atoms with E-state index in [9.17, 15) is 24.9 Å². The zero-order chi connectivity index (χ0) is 14.6. The lowest BCUT2D eigenvalue weighted by Crippen LogP contribution is -2.64. The van der Waals surface area contributed by atoms with E-state index in [4.69, 9.17) is 9.84 Å². The lowest BCUT2D eigenvalue weighted by Gasteiger charge is -2.40. The largest absolute Gasteiger partial charge is 0.394 e. The van der Waals surface area contributed by atoms with Crippen molar-refractivity contribution in [3.8, 4) is 0 Å². The van der Waals surface area contributed by atoms with Crippen LogP contribution in [0.15, 0.2) is 0 Å². The number of carbonyl (C=O) groups excluding carboxylic acids is 2. The van der Waals surface area contributed by atoms with Gasteiger partial charge in [-0.25, -0.2) is 0 Å². The van der Waals surface area contributed by atoms with Crippen molar-refractivity contribution < 1.29 is 34.8 Å². The third-order valence-corrected chi connectivity index (χ3v) is 2.73. The maximum absolute atomic E-state index is 11.4. The van der Waals surface area contributed by atoms with Crippen LogP contribution in [-0.4, -0.2) is 76.0 Å². The Morgan fingerprint density at radius 2 is 1.84 bits per heavy atom. The molecule has 0 spiro atoms. The van der Waals surface area contributed by atoms with Crippen LogP contribution < -0.4 is 10.6 Å². The molecule has 1 rings (SSSR count). The van der Waals surface area contributed by atoms with Crippen LogP contribution in [0.5, 0.6) is 0 Å². The zero-order valence-corrected chi connectivity index (χ0v) is 10.3. The second-order valence-corrected chi connectivity index (χ2v) is 4.23. The number of nitrogens with one attached hydrogen (secondary N) is 2. The van der Waals surface area contributed by atoms with E-state index in [-0.39, 0.29) is 6.54 Å². The monoisotopic (exact) mass is 278 g/mol. The number of amides is 2. The summed E-state index contributed by atoms with van der Waals surface area (Å²) in [6.07, 6.45) is -5.65. The highest BCUT2D eigenvalue weighted by molar-refractivity contribution is 5.83. The minimum Gasteiger partial charge on any atom is -0.394 e. The number of rotatable bonds is 4. The molecule has 5 atom stereocenters. The predicted molar refractivity (Wildman–Crippen MR) is 60.6 cm³/mol. The average molecular weight is 278 g/mol. The number of hydrogen-bond acceptors (Lipinski definition) is 7. The van der Waals surface area contributed by atoms with Crippen LogP contribution in [0.2, 0.25) is 0 Å². The number of hydrogen-bond donors (Lipinski definition) is 6. The molecule has 110 valence electrons. The SMILES string of the molecule is CC(=O)NCC(=O)N[C@@H]1C(O)O[C@H](CO)[C@@H](O)[C@@H]1O. The first-order valence-corrected chi connectivity index (χ1v) is 5.71. The molecule has 19 heavy (non-hydrogen) atoms. The molecule has 6 N–H and O–H groups in total. The number of aliphatic hydroxyl groups excluding tert-OH is 4. The molecule has 0 aromatic heterocycles. The fourth-order valence-corrected chi connectivity index (χ4v) is 1.69. The molecule has 9 heteroatoms. The minimum atomic E-state index is -1.57. The Balaban J connectivity index is 2.57. The maximum atomic E-state index is 11.4. The fraction of sp³-hybridized carbons (Fsp3) is 0.800. The number of aliphatic hydroxyl groups is 4. The van der Waals surface area contributed by atoms with E-state index in [0.29, 0.717) is 0 Å². The third kappa shape index (κ3) is 4.11. The quantitative estimate of drug-likeness (QED) is 0.307. The van der Waals surface area contributed by atoms with Crippen LogP contribution in [0.4, 0.5) is 0 Å². The second-order valence-electron chi connectivity index (χ2n) is 4.23. The van der Waals surface area contributed by atoms with Gasteiger partial charge < -0.3 is 35.8 Å². The molecule has 1 saturated heterocycles. The zero-order valence-electron chi connectivity index (χ0n) is 10.3. The Morgan fingerprint density at radius 1 is 1.21 bits per heavy atom. The van der Waals surface area contributed by atoms with E-state index in [2.05, 4.69) is 10.6 Å². The van der Waals surface area contributed by atoms with E-state index in [1.807, 2.05) is 0 Å². The molecule has 0 radical (unpaired) electrons. The van der Waals surface area contributed by atoms with E-state index in [1.54, 1.807) is 0 Å². The summed E-state index contributed by atoms with van der Waals surface area (Å²) in [5, 5.41) is 42.2. The summed E-state index contributed by atoms with van der Waals surface area (Å²) in [6.45, 7) is 0.322. The molecule has 2 amide bonds. The normalized spacial score (nSPS) is 34.7. The van der Waals surface area contributed by atoms with Gasteiger partial charge in [-0.2, -0.15) is 0 Å². The summed E-state index contributed by atoms with van der Waals surface area (Å²) >= 11 is 0. The molecule has 0 saturated carbocycles. The Kier molecular flexibility index (Phi) is 5.63. The lowest BCUT2D eigenvalue weighted by molar-refractivity contribution is -0.253. The number of carbonyl (C=O) groups is 2. The van der Waals surface area contributed by atoms with Crippen LogP contribution in [0.3, 0.4) is 0 Å². The van der Waals surface area contributed by atoms with Gasteiger partial charge in [0.2, 0.25) is 11.8 Å². The summed E-state index contributed by atoms with van der Waals surface area (Å²) in [5.74, 6) is -1.06. The molecule has 1 heterocycles. The Morgan fingerprint density at radius 3 is 2.37 bits per heavy atom. The van der Waals surface area contributed by atoms with Gasteiger partial charge in [-0.3, -0.25) is 9.59 Å². The molecule has 9 nitrogen and oxygen atoms in total. The summed E-state index contributed by atoms with van der Waals surface area (Å²) in [6, 6.07) is -1.25. The molecular formula is C10H18N2O7. The second kappa shape index (κ2) is 6.78. The van der Waals surface area contributed by atoms with Crippen molar-refractivity contribution in [1.82, 2.24) is 10.6 Å². The van der Waals surface area contributed by atoms with Crippen LogP contribution in [-0.2, 0) is 14.3 Å². The fourth-order valence-electron chi connectivity index (χ4n) is 1.69. The molecule has 0 aliphatic carbocycles. The van der Waals surface area contributed by atoms with Crippen molar-refractivity contribution >= 4 is 11.8 Å².